The minimum Gasteiger partial charge on any atom is -0.508 e. The van der Waals surface area contributed by atoms with Crippen molar-refractivity contribution in [1.82, 2.24) is 0 Å². The second-order valence-electron chi connectivity index (χ2n) is 5.01. The van der Waals surface area contributed by atoms with Crippen LogP contribution in [0.3, 0.4) is 0 Å². The lowest BCUT2D eigenvalue weighted by Gasteiger charge is -2.28. The van der Waals surface area contributed by atoms with E-state index in [0.717, 1.165) is 29.7 Å². The summed E-state index contributed by atoms with van der Waals surface area (Å²) in [7, 11) is 1.63. The summed E-state index contributed by atoms with van der Waals surface area (Å²) < 4.78 is 5.31. The summed E-state index contributed by atoms with van der Waals surface area (Å²) in [5.74, 6) is 1.05. The van der Waals surface area contributed by atoms with Gasteiger partial charge in [-0.25, -0.2) is 0 Å². The van der Waals surface area contributed by atoms with Gasteiger partial charge in [0.2, 0.25) is 0 Å². The molecule has 1 aliphatic carbocycles. The molecule has 0 atom stereocenters. The second kappa shape index (κ2) is 4.57. The number of rotatable bonds is 3. The number of phenols is 1. The van der Waals surface area contributed by atoms with Crippen LogP contribution in [0.25, 0.3) is 0 Å². The average molecular weight is 235 g/mol. The average Bonchev–Trinajstić information content (AvgIpc) is 2.82. The van der Waals surface area contributed by atoms with Crippen molar-refractivity contribution >= 4 is 0 Å². The lowest BCUT2D eigenvalue weighted by atomic mass is 9.78. The number of phenolic OH excluding ortho intramolecular Hbond substituents is 1. The molecule has 0 heterocycles. The van der Waals surface area contributed by atoms with Crippen molar-refractivity contribution in [3.8, 4) is 11.5 Å². The van der Waals surface area contributed by atoms with Gasteiger partial charge in [0, 0.05) is 17.5 Å². The summed E-state index contributed by atoms with van der Waals surface area (Å²) in [5, 5.41) is 9.96. The van der Waals surface area contributed by atoms with E-state index in [9.17, 15) is 5.11 Å². The number of benzene rings is 1. The molecule has 0 saturated heterocycles. The topological polar surface area (TPSA) is 55.5 Å². The van der Waals surface area contributed by atoms with Crippen LogP contribution < -0.4 is 10.5 Å². The Kier molecular flexibility index (Phi) is 3.29. The zero-order valence-corrected chi connectivity index (χ0v) is 10.6. The van der Waals surface area contributed by atoms with Crippen LogP contribution in [0.2, 0.25) is 0 Å². The van der Waals surface area contributed by atoms with E-state index in [1.165, 1.54) is 12.8 Å². The number of aromatic hydroxyl groups is 1. The van der Waals surface area contributed by atoms with E-state index in [0.29, 0.717) is 12.3 Å². The van der Waals surface area contributed by atoms with E-state index in [4.69, 9.17) is 10.5 Å². The molecular formula is C14H21NO2. The highest BCUT2D eigenvalue weighted by Gasteiger charge is 2.35. The molecule has 17 heavy (non-hydrogen) atoms. The number of hydrogen-bond acceptors (Lipinski definition) is 3. The standard InChI is InChI=1S/C14H21NO2/c1-10-12(16)7-11(8-13(10)17-2)14(9-15)5-3-4-6-14/h7-8,16H,3-6,9,15H2,1-2H3. The fourth-order valence-electron chi connectivity index (χ4n) is 2.85. The molecular weight excluding hydrogens is 214 g/mol. The van der Waals surface area contributed by atoms with Gasteiger partial charge < -0.3 is 15.6 Å². The minimum absolute atomic E-state index is 0.0401. The summed E-state index contributed by atoms with van der Waals surface area (Å²) in [4.78, 5) is 0. The van der Waals surface area contributed by atoms with Crippen LogP contribution in [0.15, 0.2) is 12.1 Å². The van der Waals surface area contributed by atoms with Crippen molar-refractivity contribution in [2.24, 2.45) is 5.73 Å². The normalized spacial score (nSPS) is 18.3. The molecule has 3 N–H and O–H groups in total. The largest absolute Gasteiger partial charge is 0.508 e. The predicted molar refractivity (Wildman–Crippen MR) is 68.6 cm³/mol. The van der Waals surface area contributed by atoms with Crippen LogP contribution in [-0.4, -0.2) is 18.8 Å². The van der Waals surface area contributed by atoms with Gasteiger partial charge in [-0.05, 0) is 37.5 Å². The lowest BCUT2D eigenvalue weighted by molar-refractivity contribution is 0.394. The van der Waals surface area contributed by atoms with E-state index in [-0.39, 0.29) is 5.41 Å². The number of methoxy groups -OCH3 is 1. The van der Waals surface area contributed by atoms with Gasteiger partial charge in [-0.15, -0.1) is 0 Å². The first-order valence-corrected chi connectivity index (χ1v) is 6.21. The molecule has 3 heteroatoms. The van der Waals surface area contributed by atoms with Crippen molar-refractivity contribution < 1.29 is 9.84 Å². The zero-order chi connectivity index (χ0) is 12.5. The molecule has 0 bridgehead atoms. The molecule has 0 amide bonds. The molecule has 1 fully saturated rings. The van der Waals surface area contributed by atoms with Gasteiger partial charge in [0.25, 0.3) is 0 Å². The molecule has 94 valence electrons. The molecule has 3 nitrogen and oxygen atoms in total. The first-order chi connectivity index (χ1) is 8.13. The molecule has 0 unspecified atom stereocenters. The molecule has 2 rings (SSSR count). The number of ether oxygens (including phenoxy) is 1. The minimum atomic E-state index is 0.0401. The Morgan fingerprint density at radius 2 is 2.00 bits per heavy atom. The van der Waals surface area contributed by atoms with Crippen LogP contribution in [0.1, 0.15) is 36.8 Å². The summed E-state index contributed by atoms with van der Waals surface area (Å²) in [6, 6.07) is 3.89. The van der Waals surface area contributed by atoms with Gasteiger partial charge in [-0.3, -0.25) is 0 Å². The molecule has 1 aliphatic rings. The van der Waals surface area contributed by atoms with Gasteiger partial charge >= 0.3 is 0 Å². The third-order valence-corrected chi connectivity index (χ3v) is 4.12. The first-order valence-electron chi connectivity index (χ1n) is 6.21. The maximum Gasteiger partial charge on any atom is 0.125 e. The Hall–Kier alpha value is -1.22. The Bertz CT molecular complexity index is 409. The highest BCUT2D eigenvalue weighted by molar-refractivity contribution is 5.49. The molecule has 0 radical (unpaired) electrons. The molecule has 0 aromatic heterocycles. The van der Waals surface area contributed by atoms with Crippen LogP contribution in [0, 0.1) is 6.92 Å². The van der Waals surface area contributed by atoms with Gasteiger partial charge in [0.1, 0.15) is 11.5 Å². The van der Waals surface area contributed by atoms with E-state index in [1.807, 2.05) is 19.1 Å². The second-order valence-corrected chi connectivity index (χ2v) is 5.01. The first kappa shape index (κ1) is 12.2. The van der Waals surface area contributed by atoms with E-state index in [2.05, 4.69) is 0 Å². The van der Waals surface area contributed by atoms with Crippen molar-refractivity contribution in [2.45, 2.75) is 38.0 Å². The van der Waals surface area contributed by atoms with E-state index in [1.54, 1.807) is 7.11 Å². The third kappa shape index (κ3) is 2.00. The van der Waals surface area contributed by atoms with Crippen LogP contribution in [0.4, 0.5) is 0 Å². The smallest absolute Gasteiger partial charge is 0.125 e. The summed E-state index contributed by atoms with van der Waals surface area (Å²) >= 11 is 0. The molecule has 1 aromatic carbocycles. The SMILES string of the molecule is COc1cc(C2(CN)CCCC2)cc(O)c1C. The summed E-state index contributed by atoms with van der Waals surface area (Å²) in [6.45, 7) is 2.50. The Morgan fingerprint density at radius 3 is 2.53 bits per heavy atom. The van der Waals surface area contributed by atoms with Crippen LogP contribution >= 0.6 is 0 Å². The Morgan fingerprint density at radius 1 is 1.35 bits per heavy atom. The third-order valence-electron chi connectivity index (χ3n) is 4.12. The van der Waals surface area contributed by atoms with Crippen molar-refractivity contribution in [1.29, 1.82) is 0 Å². The quantitative estimate of drug-likeness (QED) is 0.846. The van der Waals surface area contributed by atoms with Gasteiger partial charge in [-0.1, -0.05) is 12.8 Å². The fourth-order valence-corrected chi connectivity index (χ4v) is 2.85. The lowest BCUT2D eigenvalue weighted by Crippen LogP contribution is -2.32. The molecule has 1 saturated carbocycles. The maximum absolute atomic E-state index is 9.96. The van der Waals surface area contributed by atoms with Crippen LogP contribution in [-0.2, 0) is 5.41 Å². The zero-order valence-electron chi connectivity index (χ0n) is 10.6. The number of nitrogens with two attached hydrogens (primary N) is 1. The maximum atomic E-state index is 9.96. The van der Waals surface area contributed by atoms with Gasteiger partial charge in [0.05, 0.1) is 7.11 Å². The fraction of sp³-hybridized carbons (Fsp3) is 0.571. The van der Waals surface area contributed by atoms with Gasteiger partial charge in [-0.2, -0.15) is 0 Å². The Balaban J connectivity index is 2.48. The molecule has 0 spiro atoms. The van der Waals surface area contributed by atoms with Crippen molar-refractivity contribution in [3.05, 3.63) is 23.3 Å². The molecule has 1 aromatic rings. The molecule has 0 aliphatic heterocycles. The predicted octanol–water partition coefficient (Wildman–Crippen LogP) is 2.48. The highest BCUT2D eigenvalue weighted by Crippen LogP contribution is 2.43. The van der Waals surface area contributed by atoms with Crippen LogP contribution in [0.5, 0.6) is 11.5 Å². The Labute approximate surface area is 103 Å². The number of hydrogen-bond donors (Lipinski definition) is 2. The summed E-state index contributed by atoms with van der Waals surface area (Å²) in [5.41, 5.74) is 7.91. The monoisotopic (exact) mass is 235 g/mol. The van der Waals surface area contributed by atoms with Crippen molar-refractivity contribution in [2.75, 3.05) is 13.7 Å². The van der Waals surface area contributed by atoms with Crippen molar-refractivity contribution in [3.63, 3.8) is 0 Å². The van der Waals surface area contributed by atoms with Gasteiger partial charge in [0.15, 0.2) is 0 Å². The van der Waals surface area contributed by atoms with E-state index < -0.39 is 0 Å². The summed E-state index contributed by atoms with van der Waals surface area (Å²) in [6.07, 6.45) is 4.65. The van der Waals surface area contributed by atoms with E-state index >= 15 is 0 Å². The highest BCUT2D eigenvalue weighted by atomic mass is 16.5.